The lowest BCUT2D eigenvalue weighted by Crippen LogP contribution is -2.26. The van der Waals surface area contributed by atoms with Gasteiger partial charge in [-0.25, -0.2) is 0 Å². The molecule has 0 saturated carbocycles. The molecule has 0 heterocycles. The van der Waals surface area contributed by atoms with Crippen molar-refractivity contribution in [2.75, 3.05) is 13.7 Å². The highest BCUT2D eigenvalue weighted by molar-refractivity contribution is 5.76. The Kier molecular flexibility index (Phi) is 7.38. The maximum absolute atomic E-state index is 12.5. The minimum Gasteiger partial charge on any atom is -0.490 e. The minimum atomic E-state index is -2.91. The van der Waals surface area contributed by atoms with Crippen LogP contribution in [0.5, 0.6) is 11.5 Å². The van der Waals surface area contributed by atoms with Crippen molar-refractivity contribution in [2.45, 2.75) is 32.9 Å². The van der Waals surface area contributed by atoms with Crippen molar-refractivity contribution in [3.05, 3.63) is 59.7 Å². The summed E-state index contributed by atoms with van der Waals surface area (Å²) in [4.78, 5) is 13.9. The van der Waals surface area contributed by atoms with Gasteiger partial charge in [0.25, 0.3) is 0 Å². The van der Waals surface area contributed by atoms with Crippen molar-refractivity contribution in [2.24, 2.45) is 0 Å². The van der Waals surface area contributed by atoms with Crippen LogP contribution in [0.1, 0.15) is 24.5 Å². The van der Waals surface area contributed by atoms with Gasteiger partial charge in [0, 0.05) is 20.0 Å². The molecule has 0 radical (unpaired) electrons. The van der Waals surface area contributed by atoms with Gasteiger partial charge in [-0.05, 0) is 36.6 Å². The fourth-order valence-corrected chi connectivity index (χ4v) is 2.56. The largest absolute Gasteiger partial charge is 0.490 e. The summed E-state index contributed by atoms with van der Waals surface area (Å²) in [5.41, 5.74) is 1.90. The number of halogens is 2. The summed E-state index contributed by atoms with van der Waals surface area (Å²) in [6, 6.07) is 14.5. The number of carbonyl (C=O) groups excluding carboxylic acids is 1. The number of carbonyl (C=O) groups is 1. The second kappa shape index (κ2) is 9.75. The Bertz CT molecular complexity index is 707. The molecule has 0 saturated heterocycles. The molecule has 0 fully saturated rings. The fraction of sp³-hybridized carbons (Fsp3) is 0.350. The maximum atomic E-state index is 12.5. The summed E-state index contributed by atoms with van der Waals surface area (Å²) in [6.07, 6.45) is 1.08. The van der Waals surface area contributed by atoms with Gasteiger partial charge in [0.15, 0.2) is 11.5 Å². The van der Waals surface area contributed by atoms with Gasteiger partial charge in [-0.3, -0.25) is 4.79 Å². The number of nitrogens with zero attached hydrogens (tertiary/aromatic N) is 1. The minimum absolute atomic E-state index is 0.0105. The lowest BCUT2D eigenvalue weighted by atomic mass is 10.1. The number of amides is 1. The van der Waals surface area contributed by atoms with Crippen molar-refractivity contribution in [3.8, 4) is 11.5 Å². The Morgan fingerprint density at radius 3 is 2.46 bits per heavy atom. The van der Waals surface area contributed by atoms with E-state index >= 15 is 0 Å². The van der Waals surface area contributed by atoms with Crippen LogP contribution >= 0.6 is 0 Å². The Labute approximate surface area is 152 Å². The average molecular weight is 363 g/mol. The maximum Gasteiger partial charge on any atom is 0.387 e. The third-order valence-corrected chi connectivity index (χ3v) is 3.84. The second-order valence-corrected chi connectivity index (χ2v) is 5.83. The monoisotopic (exact) mass is 363 g/mol. The highest BCUT2D eigenvalue weighted by atomic mass is 19.3. The molecule has 2 rings (SSSR count). The zero-order chi connectivity index (χ0) is 18.9. The molecule has 2 aromatic carbocycles. The number of aryl methyl sites for hydroxylation is 1. The van der Waals surface area contributed by atoms with E-state index in [-0.39, 0.29) is 17.4 Å². The summed E-state index contributed by atoms with van der Waals surface area (Å²) < 4.78 is 34.7. The van der Waals surface area contributed by atoms with Gasteiger partial charge in [-0.2, -0.15) is 8.78 Å². The van der Waals surface area contributed by atoms with Gasteiger partial charge in [0.2, 0.25) is 5.91 Å². The first-order valence-electron chi connectivity index (χ1n) is 8.48. The molecule has 26 heavy (non-hydrogen) atoms. The Morgan fingerprint density at radius 2 is 1.81 bits per heavy atom. The van der Waals surface area contributed by atoms with E-state index < -0.39 is 6.61 Å². The van der Waals surface area contributed by atoms with Crippen molar-refractivity contribution >= 4 is 5.91 Å². The van der Waals surface area contributed by atoms with E-state index in [9.17, 15) is 13.6 Å². The first-order chi connectivity index (χ1) is 12.5. The molecule has 4 nitrogen and oxygen atoms in total. The SMILES string of the molecule is CCOc1cc(CN(C)C(=O)CCc2ccccc2)ccc1OC(F)F. The van der Waals surface area contributed by atoms with Crippen LogP contribution in [0.3, 0.4) is 0 Å². The van der Waals surface area contributed by atoms with E-state index in [1.54, 1.807) is 31.0 Å². The molecule has 2 aromatic rings. The number of ether oxygens (including phenoxy) is 2. The van der Waals surface area contributed by atoms with Gasteiger partial charge in [0.1, 0.15) is 0 Å². The lowest BCUT2D eigenvalue weighted by Gasteiger charge is -2.19. The number of rotatable bonds is 9. The van der Waals surface area contributed by atoms with E-state index in [0.29, 0.717) is 26.0 Å². The number of hydrogen-bond donors (Lipinski definition) is 0. The lowest BCUT2D eigenvalue weighted by molar-refractivity contribution is -0.130. The standard InChI is InChI=1S/C20H23F2NO3/c1-3-25-18-13-16(9-11-17(18)26-20(21)22)14-23(2)19(24)12-10-15-7-5-4-6-8-15/h4-9,11,13,20H,3,10,12,14H2,1-2H3. The van der Waals surface area contributed by atoms with Crippen LogP contribution in [0.15, 0.2) is 48.5 Å². The molecule has 0 aliphatic rings. The predicted octanol–water partition coefficient (Wildman–Crippen LogP) is 4.28. The molecule has 0 N–H and O–H groups in total. The van der Waals surface area contributed by atoms with Crippen LogP contribution in [-0.2, 0) is 17.8 Å². The number of alkyl halides is 2. The molecule has 0 bridgehead atoms. The smallest absolute Gasteiger partial charge is 0.387 e. The summed E-state index contributed by atoms with van der Waals surface area (Å²) in [5.74, 6) is 0.249. The molecule has 0 spiro atoms. The van der Waals surface area contributed by atoms with Crippen LogP contribution in [0.2, 0.25) is 0 Å². The molecule has 1 amide bonds. The molecule has 0 aliphatic heterocycles. The third kappa shape index (κ3) is 6.02. The van der Waals surface area contributed by atoms with E-state index in [1.165, 1.54) is 6.07 Å². The molecule has 0 unspecified atom stereocenters. The van der Waals surface area contributed by atoms with Crippen LogP contribution in [0.4, 0.5) is 8.78 Å². The average Bonchev–Trinajstić information content (AvgIpc) is 2.62. The second-order valence-electron chi connectivity index (χ2n) is 5.83. The van der Waals surface area contributed by atoms with Crippen LogP contribution in [0.25, 0.3) is 0 Å². The topological polar surface area (TPSA) is 38.8 Å². The molecule has 140 valence electrons. The molecular formula is C20H23F2NO3. The highest BCUT2D eigenvalue weighted by Crippen LogP contribution is 2.30. The molecule has 6 heteroatoms. The van der Waals surface area contributed by atoms with Gasteiger partial charge >= 0.3 is 6.61 Å². The van der Waals surface area contributed by atoms with Gasteiger partial charge in [-0.15, -0.1) is 0 Å². The fourth-order valence-electron chi connectivity index (χ4n) is 2.56. The zero-order valence-corrected chi connectivity index (χ0v) is 15.0. The molecule has 0 atom stereocenters. The quantitative estimate of drug-likeness (QED) is 0.668. The molecule has 0 aromatic heterocycles. The van der Waals surface area contributed by atoms with Crippen molar-refractivity contribution in [3.63, 3.8) is 0 Å². The van der Waals surface area contributed by atoms with E-state index in [2.05, 4.69) is 4.74 Å². The van der Waals surface area contributed by atoms with E-state index in [0.717, 1.165) is 11.1 Å². The van der Waals surface area contributed by atoms with Crippen molar-refractivity contribution < 1.29 is 23.0 Å². The van der Waals surface area contributed by atoms with Crippen LogP contribution in [-0.4, -0.2) is 31.1 Å². The van der Waals surface area contributed by atoms with Gasteiger partial charge in [0.05, 0.1) is 6.61 Å². The van der Waals surface area contributed by atoms with Gasteiger partial charge in [-0.1, -0.05) is 36.4 Å². The molecule has 0 aliphatic carbocycles. The summed E-state index contributed by atoms with van der Waals surface area (Å²) in [5, 5.41) is 0. The Morgan fingerprint density at radius 1 is 1.08 bits per heavy atom. The zero-order valence-electron chi connectivity index (χ0n) is 15.0. The van der Waals surface area contributed by atoms with E-state index in [4.69, 9.17) is 4.74 Å². The summed E-state index contributed by atoms with van der Waals surface area (Å²) in [7, 11) is 1.72. The van der Waals surface area contributed by atoms with Crippen molar-refractivity contribution in [1.29, 1.82) is 0 Å². The van der Waals surface area contributed by atoms with Crippen LogP contribution < -0.4 is 9.47 Å². The van der Waals surface area contributed by atoms with Crippen molar-refractivity contribution in [1.82, 2.24) is 4.90 Å². The number of benzene rings is 2. The first-order valence-corrected chi connectivity index (χ1v) is 8.48. The Hall–Kier alpha value is -2.63. The van der Waals surface area contributed by atoms with Gasteiger partial charge < -0.3 is 14.4 Å². The van der Waals surface area contributed by atoms with E-state index in [1.807, 2.05) is 30.3 Å². The summed E-state index contributed by atoms with van der Waals surface area (Å²) in [6.45, 7) is -0.461. The van der Waals surface area contributed by atoms with Crippen LogP contribution in [0, 0.1) is 0 Å². The molecular weight excluding hydrogens is 340 g/mol. The third-order valence-electron chi connectivity index (χ3n) is 3.84. The predicted molar refractivity (Wildman–Crippen MR) is 95.5 cm³/mol. The first kappa shape index (κ1) is 19.7. The highest BCUT2D eigenvalue weighted by Gasteiger charge is 2.14. The number of hydrogen-bond acceptors (Lipinski definition) is 3. The normalized spacial score (nSPS) is 10.7. The summed E-state index contributed by atoms with van der Waals surface area (Å²) >= 11 is 0. The Balaban J connectivity index is 1.97.